The summed E-state index contributed by atoms with van der Waals surface area (Å²) in [4.78, 5) is 24.5. The van der Waals surface area contributed by atoms with Gasteiger partial charge in [0.1, 0.15) is 6.04 Å². The molecule has 0 radical (unpaired) electrons. The molecule has 0 spiro atoms. The van der Waals surface area contributed by atoms with Crippen molar-refractivity contribution in [3.05, 3.63) is 34.3 Å². The number of amides is 2. The van der Waals surface area contributed by atoms with E-state index in [0.717, 1.165) is 10.0 Å². The standard InChI is InChI=1S/C14H19BrN2O4/c1-17(9-10-4-3-5-11(15)8-10)14(20)16-12(13(18)19)6-7-21-2/h3-5,8,12H,6-7,9H2,1-2H3,(H,16,20)(H,18,19). The lowest BCUT2D eigenvalue weighted by Crippen LogP contribution is -2.46. The third kappa shape index (κ3) is 6.14. The molecule has 0 aromatic heterocycles. The van der Waals surface area contributed by atoms with Gasteiger partial charge in [0.2, 0.25) is 0 Å². The Morgan fingerprint density at radius 1 is 1.48 bits per heavy atom. The topological polar surface area (TPSA) is 78.9 Å². The predicted molar refractivity (Wildman–Crippen MR) is 82.1 cm³/mol. The van der Waals surface area contributed by atoms with Crippen LogP contribution in [0.2, 0.25) is 0 Å². The van der Waals surface area contributed by atoms with Gasteiger partial charge in [-0.25, -0.2) is 9.59 Å². The minimum Gasteiger partial charge on any atom is -0.480 e. The Kier molecular flexibility index (Phi) is 7.18. The second-order valence-corrected chi connectivity index (χ2v) is 5.52. The number of carbonyl (C=O) groups excluding carboxylic acids is 1. The number of rotatable bonds is 7. The van der Waals surface area contributed by atoms with Crippen LogP contribution in [0.25, 0.3) is 0 Å². The van der Waals surface area contributed by atoms with E-state index >= 15 is 0 Å². The highest BCUT2D eigenvalue weighted by Crippen LogP contribution is 2.13. The molecule has 1 aromatic rings. The monoisotopic (exact) mass is 358 g/mol. The van der Waals surface area contributed by atoms with Crippen LogP contribution in [-0.2, 0) is 16.1 Å². The Hall–Kier alpha value is -1.60. The van der Waals surface area contributed by atoms with Crippen LogP contribution in [0.15, 0.2) is 28.7 Å². The number of carbonyl (C=O) groups is 2. The molecule has 0 saturated carbocycles. The van der Waals surface area contributed by atoms with Gasteiger partial charge in [0.05, 0.1) is 0 Å². The number of hydrogen-bond donors (Lipinski definition) is 2. The lowest BCUT2D eigenvalue weighted by atomic mass is 10.2. The summed E-state index contributed by atoms with van der Waals surface area (Å²) in [6, 6.07) is 6.19. The number of aliphatic carboxylic acids is 1. The quantitative estimate of drug-likeness (QED) is 0.781. The van der Waals surface area contributed by atoms with Crippen molar-refractivity contribution < 1.29 is 19.4 Å². The highest BCUT2D eigenvalue weighted by atomic mass is 79.9. The third-order valence-corrected chi connectivity index (χ3v) is 3.36. The fourth-order valence-corrected chi connectivity index (χ4v) is 2.18. The molecule has 0 bridgehead atoms. The van der Waals surface area contributed by atoms with E-state index < -0.39 is 18.0 Å². The zero-order valence-electron chi connectivity index (χ0n) is 12.0. The summed E-state index contributed by atoms with van der Waals surface area (Å²) in [6.45, 7) is 0.661. The first-order valence-electron chi connectivity index (χ1n) is 6.42. The zero-order chi connectivity index (χ0) is 15.8. The van der Waals surface area contributed by atoms with Crippen LogP contribution in [0.1, 0.15) is 12.0 Å². The van der Waals surface area contributed by atoms with E-state index in [4.69, 9.17) is 9.84 Å². The second kappa shape index (κ2) is 8.63. The van der Waals surface area contributed by atoms with Crippen LogP contribution < -0.4 is 5.32 Å². The van der Waals surface area contributed by atoms with Gasteiger partial charge in [-0.15, -0.1) is 0 Å². The van der Waals surface area contributed by atoms with Crippen molar-refractivity contribution in [2.45, 2.75) is 19.0 Å². The molecule has 1 aromatic carbocycles. The van der Waals surface area contributed by atoms with E-state index in [-0.39, 0.29) is 13.0 Å². The van der Waals surface area contributed by atoms with Gasteiger partial charge in [0, 0.05) is 38.2 Å². The maximum atomic E-state index is 12.0. The molecule has 0 aliphatic heterocycles. The molecule has 0 aliphatic rings. The predicted octanol–water partition coefficient (Wildman–Crippen LogP) is 2.08. The van der Waals surface area contributed by atoms with E-state index in [9.17, 15) is 9.59 Å². The van der Waals surface area contributed by atoms with E-state index in [1.165, 1.54) is 12.0 Å². The third-order valence-electron chi connectivity index (χ3n) is 2.86. The molecule has 7 heteroatoms. The Morgan fingerprint density at radius 3 is 2.76 bits per heavy atom. The summed E-state index contributed by atoms with van der Waals surface area (Å²) >= 11 is 3.37. The van der Waals surface area contributed by atoms with E-state index in [1.54, 1.807) is 7.05 Å². The largest absolute Gasteiger partial charge is 0.480 e. The number of ether oxygens (including phenoxy) is 1. The van der Waals surface area contributed by atoms with Crippen molar-refractivity contribution in [1.29, 1.82) is 0 Å². The maximum absolute atomic E-state index is 12.0. The number of methoxy groups -OCH3 is 1. The first-order valence-corrected chi connectivity index (χ1v) is 7.21. The molecule has 116 valence electrons. The molecule has 1 unspecified atom stereocenters. The average molecular weight is 359 g/mol. The van der Waals surface area contributed by atoms with Gasteiger partial charge in [0.25, 0.3) is 0 Å². The van der Waals surface area contributed by atoms with Crippen LogP contribution in [-0.4, -0.2) is 48.8 Å². The fraction of sp³-hybridized carbons (Fsp3) is 0.429. The maximum Gasteiger partial charge on any atom is 0.326 e. The lowest BCUT2D eigenvalue weighted by molar-refractivity contribution is -0.139. The molecule has 2 amide bonds. The number of hydrogen-bond acceptors (Lipinski definition) is 3. The molecule has 0 fully saturated rings. The summed E-state index contributed by atoms with van der Waals surface area (Å²) in [6.07, 6.45) is 0.225. The molecule has 21 heavy (non-hydrogen) atoms. The normalized spacial score (nSPS) is 11.8. The van der Waals surface area contributed by atoms with Crippen molar-refractivity contribution >= 4 is 27.9 Å². The minimum absolute atomic E-state index is 0.225. The van der Waals surface area contributed by atoms with Crippen molar-refractivity contribution in [2.24, 2.45) is 0 Å². The summed E-state index contributed by atoms with van der Waals surface area (Å²) in [5.41, 5.74) is 0.950. The Balaban J connectivity index is 2.58. The van der Waals surface area contributed by atoms with Crippen LogP contribution in [0.4, 0.5) is 4.79 Å². The summed E-state index contributed by atoms with van der Waals surface area (Å²) in [5, 5.41) is 11.5. The highest BCUT2D eigenvalue weighted by molar-refractivity contribution is 9.10. The first-order chi connectivity index (χ1) is 9.93. The molecule has 0 aliphatic carbocycles. The van der Waals surface area contributed by atoms with Gasteiger partial charge in [-0.05, 0) is 17.7 Å². The minimum atomic E-state index is -1.07. The van der Waals surface area contributed by atoms with Crippen LogP contribution >= 0.6 is 15.9 Å². The lowest BCUT2D eigenvalue weighted by Gasteiger charge is -2.21. The fourth-order valence-electron chi connectivity index (χ4n) is 1.73. The molecule has 0 saturated heterocycles. The smallest absolute Gasteiger partial charge is 0.326 e. The molecular formula is C14H19BrN2O4. The highest BCUT2D eigenvalue weighted by Gasteiger charge is 2.21. The van der Waals surface area contributed by atoms with Gasteiger partial charge in [-0.3, -0.25) is 0 Å². The Bertz CT molecular complexity index is 496. The number of carboxylic acid groups (broad SMARTS) is 1. The van der Waals surface area contributed by atoms with Gasteiger partial charge >= 0.3 is 12.0 Å². The number of urea groups is 1. The average Bonchev–Trinajstić information content (AvgIpc) is 2.42. The number of nitrogens with zero attached hydrogens (tertiary/aromatic N) is 1. The van der Waals surface area contributed by atoms with Crippen LogP contribution in [0, 0.1) is 0 Å². The van der Waals surface area contributed by atoms with Crippen LogP contribution in [0.3, 0.4) is 0 Å². The molecule has 0 heterocycles. The summed E-state index contributed by atoms with van der Waals surface area (Å²) in [7, 11) is 3.10. The van der Waals surface area contributed by atoms with Crippen molar-refractivity contribution in [2.75, 3.05) is 20.8 Å². The summed E-state index contributed by atoms with van der Waals surface area (Å²) in [5.74, 6) is -1.07. The summed E-state index contributed by atoms with van der Waals surface area (Å²) < 4.78 is 5.77. The molecule has 6 nitrogen and oxygen atoms in total. The van der Waals surface area contributed by atoms with Gasteiger partial charge in [0.15, 0.2) is 0 Å². The number of halogens is 1. The Labute approximate surface area is 132 Å². The van der Waals surface area contributed by atoms with Gasteiger partial charge < -0.3 is 20.1 Å². The van der Waals surface area contributed by atoms with Crippen LogP contribution in [0.5, 0.6) is 0 Å². The van der Waals surface area contributed by atoms with E-state index in [2.05, 4.69) is 21.2 Å². The SMILES string of the molecule is COCCC(NC(=O)N(C)Cc1cccc(Br)c1)C(=O)O. The second-order valence-electron chi connectivity index (χ2n) is 4.61. The number of carboxylic acids is 1. The van der Waals surface area contributed by atoms with Gasteiger partial charge in [-0.1, -0.05) is 28.1 Å². The number of benzene rings is 1. The van der Waals surface area contributed by atoms with Crippen molar-refractivity contribution in [3.63, 3.8) is 0 Å². The van der Waals surface area contributed by atoms with Crippen molar-refractivity contribution in [3.8, 4) is 0 Å². The number of nitrogens with one attached hydrogen (secondary N) is 1. The zero-order valence-corrected chi connectivity index (χ0v) is 13.6. The van der Waals surface area contributed by atoms with E-state index in [1.807, 2.05) is 24.3 Å². The Morgan fingerprint density at radius 2 is 2.19 bits per heavy atom. The van der Waals surface area contributed by atoms with E-state index in [0.29, 0.717) is 6.54 Å². The molecular weight excluding hydrogens is 340 g/mol. The van der Waals surface area contributed by atoms with Gasteiger partial charge in [-0.2, -0.15) is 0 Å². The van der Waals surface area contributed by atoms with Crippen molar-refractivity contribution in [1.82, 2.24) is 10.2 Å². The molecule has 1 rings (SSSR count). The molecule has 2 N–H and O–H groups in total. The molecule has 1 atom stereocenters. The first kappa shape index (κ1) is 17.5.